The third kappa shape index (κ3) is 8.81. The van der Waals surface area contributed by atoms with Crippen molar-refractivity contribution in [3.05, 3.63) is 60.7 Å². The van der Waals surface area contributed by atoms with Gasteiger partial charge in [-0.05, 0) is 0 Å². The second kappa shape index (κ2) is 12.5. The maximum atomic E-state index is 5.79. The van der Waals surface area contributed by atoms with Crippen LogP contribution >= 0.6 is 10.0 Å². The van der Waals surface area contributed by atoms with E-state index in [4.69, 9.17) is 10.0 Å². The fraction of sp³-hybridized carbons (Fsp3) is 0.250. The monoisotopic (exact) mass is 320 g/mol. The van der Waals surface area contributed by atoms with Gasteiger partial charge >= 0.3 is 98.0 Å². The topological polar surface area (TPSA) is 0 Å². The second-order valence-corrected chi connectivity index (χ2v) is 10.7. The Morgan fingerprint density at radius 2 is 1.15 bits per heavy atom. The van der Waals surface area contributed by atoms with Crippen LogP contribution in [0.5, 0.6) is 0 Å². The number of hydrogen-bond donors (Lipinski definition) is 0. The van der Waals surface area contributed by atoms with Crippen LogP contribution in [0, 0.1) is 0 Å². The molecule has 0 unspecified atom stereocenters. The molecule has 0 aliphatic heterocycles. The van der Waals surface area contributed by atoms with Gasteiger partial charge in [0.25, 0.3) is 0 Å². The molecule has 0 aromatic heterocycles. The Hall–Kier alpha value is -0.275. The summed E-state index contributed by atoms with van der Waals surface area (Å²) in [5, 5.41) is 2.47. The summed E-state index contributed by atoms with van der Waals surface area (Å²) in [5.41, 5.74) is 0. The summed E-state index contributed by atoms with van der Waals surface area (Å²) in [4.78, 5) is 0. The van der Waals surface area contributed by atoms with Crippen LogP contribution in [0.15, 0.2) is 60.7 Å². The van der Waals surface area contributed by atoms with Gasteiger partial charge in [0.1, 0.15) is 0 Å². The van der Waals surface area contributed by atoms with Crippen molar-refractivity contribution in [1.29, 1.82) is 0 Å². The predicted molar refractivity (Wildman–Crippen MR) is 90.5 cm³/mol. The van der Waals surface area contributed by atoms with E-state index in [2.05, 4.69) is 74.5 Å². The molecular weight excluding hydrogens is 301 g/mol. The van der Waals surface area contributed by atoms with Crippen LogP contribution in [-0.4, -0.2) is 28.4 Å². The molecule has 20 heavy (non-hydrogen) atoms. The van der Waals surface area contributed by atoms with Crippen LogP contribution in [-0.2, 0) is 0 Å². The molecule has 2 rings (SSSR count). The summed E-state index contributed by atoms with van der Waals surface area (Å²) in [6.07, 6.45) is 0. The van der Waals surface area contributed by atoms with Crippen molar-refractivity contribution >= 4 is 47.3 Å². The fourth-order valence-electron chi connectivity index (χ4n) is 1.58. The molecule has 0 fully saturated rings. The predicted octanol–water partition coefficient (Wildman–Crippen LogP) is 0.602. The average molecular weight is 321 g/mol. The first-order valence-corrected chi connectivity index (χ1v) is 11.4. The Morgan fingerprint density at radius 3 is 1.40 bits per heavy atom. The van der Waals surface area contributed by atoms with Gasteiger partial charge in [-0.1, -0.05) is 24.4 Å². The van der Waals surface area contributed by atoms with Crippen LogP contribution in [0.3, 0.4) is 0 Å². The van der Waals surface area contributed by atoms with Crippen molar-refractivity contribution in [2.75, 3.05) is 0 Å². The molecule has 0 aliphatic carbocycles. The van der Waals surface area contributed by atoms with Gasteiger partial charge in [0.05, 0.1) is 0 Å². The zero-order valence-electron chi connectivity index (χ0n) is 12.1. The quantitative estimate of drug-likeness (QED) is 0.724. The van der Waals surface area contributed by atoms with Crippen LogP contribution in [0.4, 0.5) is 0 Å². The van der Waals surface area contributed by atoms with E-state index in [9.17, 15) is 0 Å². The average Bonchev–Trinajstić information content (AvgIpc) is 2.49. The zero-order chi connectivity index (χ0) is 13.9. The molecule has 0 aliphatic rings. The molecule has 2 aromatic rings. The van der Waals surface area contributed by atoms with E-state index in [1.165, 1.54) is 19.4 Å². The number of rotatable bonds is 4. The van der Waals surface area contributed by atoms with Gasteiger partial charge < -0.3 is 4.70 Å². The first kappa shape index (κ1) is 19.7. The van der Waals surface area contributed by atoms with Crippen LogP contribution < -0.4 is 13.6 Å². The Balaban J connectivity index is 0.000000448. The van der Waals surface area contributed by atoms with Crippen LogP contribution in [0.1, 0.15) is 13.8 Å². The van der Waals surface area contributed by atoms with Gasteiger partial charge in [-0.3, -0.25) is 10.0 Å². The molecule has 4 heteroatoms. The minimum absolute atomic E-state index is 0. The van der Waals surface area contributed by atoms with E-state index >= 15 is 0 Å². The molecule has 0 amide bonds. The molecule has 0 spiro atoms. The fourth-order valence-corrected chi connectivity index (χ4v) is 3.37. The molecule has 0 atom stereocenters. The number of hydrogen-bond acceptors (Lipinski definition) is 0. The SMILES string of the molecule is C[CH2][Al]([Cl])[CH2]C.[F-].c1cc[c]([Al+][c]2ccccc2)cc1. The normalized spacial score (nSPS) is 8.55. The van der Waals surface area contributed by atoms with Crippen molar-refractivity contribution in [2.24, 2.45) is 0 Å². The third-order valence-corrected chi connectivity index (χ3v) is 7.88. The maximum absolute atomic E-state index is 5.79. The van der Waals surface area contributed by atoms with Gasteiger partial charge in [0.2, 0.25) is 0 Å². The van der Waals surface area contributed by atoms with Crippen molar-refractivity contribution in [3.63, 3.8) is 0 Å². The van der Waals surface area contributed by atoms with Crippen molar-refractivity contribution in [1.82, 2.24) is 0 Å². The summed E-state index contributed by atoms with van der Waals surface area (Å²) >= 11 is -0.417. The minimum atomic E-state index is -0.688. The van der Waals surface area contributed by atoms with E-state index in [0.29, 0.717) is 0 Å². The molecule has 2 aromatic carbocycles. The molecule has 0 N–H and O–H groups in total. The molecule has 104 valence electrons. The van der Waals surface area contributed by atoms with Crippen LogP contribution in [0.25, 0.3) is 0 Å². The summed E-state index contributed by atoms with van der Waals surface area (Å²) in [5.74, 6) is 0. The summed E-state index contributed by atoms with van der Waals surface area (Å²) in [7, 11) is 5.79. The Morgan fingerprint density at radius 1 is 0.800 bits per heavy atom. The standard InChI is InChI=1S/2C6H5.2C2H5.2Al.ClH.FH/c2*1-2-4-6-5-3-1;2*1-2;;;;/h2*1-5H;2*1H2,2H3;;;2*1H/q;;;;2*+1;;/p-2. The van der Waals surface area contributed by atoms with Gasteiger partial charge in [0, 0.05) is 0 Å². The number of halogens is 2. The summed E-state index contributed by atoms with van der Waals surface area (Å²) in [6.45, 7) is 4.32. The molecular formula is C16H20Al2ClF. The van der Waals surface area contributed by atoms with Crippen molar-refractivity contribution in [3.8, 4) is 0 Å². The van der Waals surface area contributed by atoms with Crippen molar-refractivity contribution in [2.45, 2.75) is 24.4 Å². The first-order valence-electron chi connectivity index (χ1n) is 6.85. The van der Waals surface area contributed by atoms with E-state index in [1.54, 1.807) is 0 Å². The van der Waals surface area contributed by atoms with E-state index in [1.807, 2.05) is 0 Å². The molecule has 0 saturated heterocycles. The van der Waals surface area contributed by atoms with Gasteiger partial charge in [-0.2, -0.15) is 0 Å². The van der Waals surface area contributed by atoms with E-state index in [-0.39, 0.29) is 19.9 Å². The Labute approximate surface area is 136 Å². The molecule has 0 bridgehead atoms. The molecule has 0 heterocycles. The summed E-state index contributed by atoms with van der Waals surface area (Å²) in [6, 6.07) is 21.3. The third-order valence-electron chi connectivity index (χ3n) is 2.82. The van der Waals surface area contributed by atoms with Gasteiger partial charge in [-0.25, -0.2) is 0 Å². The van der Waals surface area contributed by atoms with Gasteiger partial charge in [-0.15, -0.1) is 0 Å². The second-order valence-electron chi connectivity index (χ2n) is 4.38. The number of benzene rings is 2. The molecule has 0 radical (unpaired) electrons. The Kier molecular flexibility index (Phi) is 12.3. The van der Waals surface area contributed by atoms with E-state index < -0.39 is 13.2 Å². The Bertz CT molecular complexity index is 395. The van der Waals surface area contributed by atoms with Crippen LogP contribution in [0.2, 0.25) is 10.6 Å². The van der Waals surface area contributed by atoms with E-state index in [0.717, 1.165) is 0 Å². The molecule has 0 nitrogen and oxygen atoms in total. The first-order chi connectivity index (χ1) is 9.26. The van der Waals surface area contributed by atoms with Crippen molar-refractivity contribution < 1.29 is 4.70 Å². The summed E-state index contributed by atoms with van der Waals surface area (Å²) < 4.78 is 2.90. The van der Waals surface area contributed by atoms with Gasteiger partial charge in [0.15, 0.2) is 0 Å². The zero-order valence-corrected chi connectivity index (χ0v) is 15.2. The molecule has 0 saturated carbocycles.